The van der Waals surface area contributed by atoms with Gasteiger partial charge in [-0.2, -0.15) is 0 Å². The van der Waals surface area contributed by atoms with Gasteiger partial charge in [-0.25, -0.2) is 4.98 Å². The second-order valence-corrected chi connectivity index (χ2v) is 8.16. The van der Waals surface area contributed by atoms with Gasteiger partial charge < -0.3 is 17.2 Å². The van der Waals surface area contributed by atoms with Crippen molar-refractivity contribution in [1.82, 2.24) is 4.98 Å². The first kappa shape index (κ1) is 22.6. The second-order valence-electron chi connectivity index (χ2n) is 8.16. The Labute approximate surface area is 171 Å². The number of aromatic nitrogens is 1. The number of aryl methyl sites for hydroxylation is 1. The molecule has 2 atom stereocenters. The molecule has 0 aliphatic heterocycles. The summed E-state index contributed by atoms with van der Waals surface area (Å²) in [6.07, 6.45) is 11.0. The number of benzene rings is 1. The molecule has 0 bridgehead atoms. The van der Waals surface area contributed by atoms with Crippen LogP contribution in [0.1, 0.15) is 107 Å². The summed E-state index contributed by atoms with van der Waals surface area (Å²) in [6, 6.07) is 6.62. The maximum atomic E-state index is 6.63. The predicted octanol–water partition coefficient (Wildman–Crippen LogP) is 5.93. The van der Waals surface area contributed by atoms with Crippen molar-refractivity contribution in [3.63, 3.8) is 0 Å². The molecule has 1 heterocycles. The number of fused-ring (bicyclic) bond motifs is 1. The Balaban J connectivity index is 2.48. The highest BCUT2D eigenvalue weighted by Crippen LogP contribution is 2.32. The minimum atomic E-state index is 0.00897. The normalized spacial score (nSPS) is 13.8. The topological polar surface area (TPSA) is 91.0 Å². The van der Waals surface area contributed by atoms with Gasteiger partial charge in [-0.3, -0.25) is 0 Å². The average Bonchev–Trinajstić information content (AvgIpc) is 2.69. The van der Waals surface area contributed by atoms with Crippen LogP contribution in [-0.2, 0) is 6.42 Å². The van der Waals surface area contributed by atoms with Crippen molar-refractivity contribution in [2.75, 3.05) is 5.73 Å². The van der Waals surface area contributed by atoms with Gasteiger partial charge in [0, 0.05) is 17.5 Å². The number of nitrogen functional groups attached to an aromatic ring is 1. The van der Waals surface area contributed by atoms with Crippen LogP contribution in [0.25, 0.3) is 10.9 Å². The quantitative estimate of drug-likeness (QED) is 0.395. The highest BCUT2D eigenvalue weighted by molar-refractivity contribution is 5.86. The second kappa shape index (κ2) is 11.4. The van der Waals surface area contributed by atoms with Gasteiger partial charge in [0.15, 0.2) is 0 Å². The summed E-state index contributed by atoms with van der Waals surface area (Å²) in [5.41, 5.74) is 23.8. The Bertz CT molecular complexity index is 741. The smallest absolute Gasteiger partial charge is 0.127 e. The molecule has 0 fully saturated rings. The van der Waals surface area contributed by atoms with Gasteiger partial charge >= 0.3 is 0 Å². The summed E-state index contributed by atoms with van der Waals surface area (Å²) in [5, 5.41) is 1.15. The number of unbranched alkanes of at least 4 members (excludes halogenated alkanes) is 4. The van der Waals surface area contributed by atoms with Gasteiger partial charge in [-0.15, -0.1) is 0 Å². The lowest BCUT2D eigenvalue weighted by atomic mass is 9.91. The summed E-state index contributed by atoms with van der Waals surface area (Å²) in [4.78, 5) is 4.77. The van der Waals surface area contributed by atoms with Gasteiger partial charge in [-0.05, 0) is 54.5 Å². The lowest BCUT2D eigenvalue weighted by molar-refractivity contribution is 0.593. The number of nitrogens with two attached hydrogens (primary N) is 3. The molecule has 0 aliphatic carbocycles. The summed E-state index contributed by atoms with van der Waals surface area (Å²) in [6.45, 7) is 6.62. The number of pyridine rings is 1. The van der Waals surface area contributed by atoms with Crippen LogP contribution in [0, 0.1) is 0 Å². The minimum Gasteiger partial charge on any atom is -0.383 e. The van der Waals surface area contributed by atoms with Crippen molar-refractivity contribution in [1.29, 1.82) is 0 Å². The molecule has 1 aromatic carbocycles. The van der Waals surface area contributed by atoms with E-state index < -0.39 is 0 Å². The van der Waals surface area contributed by atoms with Crippen LogP contribution in [0.3, 0.4) is 0 Å². The van der Waals surface area contributed by atoms with Gasteiger partial charge in [0.2, 0.25) is 0 Å². The van der Waals surface area contributed by atoms with Crippen LogP contribution in [0.15, 0.2) is 18.2 Å². The maximum absolute atomic E-state index is 6.63. The van der Waals surface area contributed by atoms with Crippen LogP contribution in [0.4, 0.5) is 5.82 Å². The third kappa shape index (κ3) is 5.92. The molecule has 1 aromatic heterocycles. The van der Waals surface area contributed by atoms with E-state index in [0.717, 1.165) is 73.4 Å². The van der Waals surface area contributed by atoms with Gasteiger partial charge in [0.05, 0.1) is 5.52 Å². The third-order valence-electron chi connectivity index (χ3n) is 5.72. The van der Waals surface area contributed by atoms with Crippen molar-refractivity contribution in [2.24, 2.45) is 11.5 Å². The zero-order valence-corrected chi connectivity index (χ0v) is 18.1. The van der Waals surface area contributed by atoms with Crippen molar-refractivity contribution in [3.05, 3.63) is 34.9 Å². The SMILES string of the molecule is CCCCCc1cc2c(C(N)CCCC)cc(C(N)CCCC)cc2nc1N. The molecule has 4 heteroatoms. The Morgan fingerprint density at radius 3 is 2.11 bits per heavy atom. The van der Waals surface area contributed by atoms with Crippen molar-refractivity contribution < 1.29 is 0 Å². The highest BCUT2D eigenvalue weighted by atomic mass is 14.8. The molecule has 0 spiro atoms. The molecule has 28 heavy (non-hydrogen) atoms. The molecule has 0 saturated heterocycles. The number of anilines is 1. The molecule has 2 aromatic rings. The molecule has 2 rings (SSSR count). The molecule has 2 unspecified atom stereocenters. The molecule has 0 radical (unpaired) electrons. The number of nitrogens with zero attached hydrogens (tertiary/aromatic N) is 1. The van der Waals surface area contributed by atoms with Crippen molar-refractivity contribution >= 4 is 16.7 Å². The van der Waals surface area contributed by atoms with Crippen LogP contribution < -0.4 is 17.2 Å². The summed E-state index contributed by atoms with van der Waals surface area (Å²) in [7, 11) is 0. The minimum absolute atomic E-state index is 0.00897. The fraction of sp³-hybridized carbons (Fsp3) is 0.625. The van der Waals surface area contributed by atoms with E-state index in [9.17, 15) is 0 Å². The third-order valence-corrected chi connectivity index (χ3v) is 5.72. The lowest BCUT2D eigenvalue weighted by Crippen LogP contribution is -2.15. The largest absolute Gasteiger partial charge is 0.383 e. The highest BCUT2D eigenvalue weighted by Gasteiger charge is 2.17. The van der Waals surface area contributed by atoms with E-state index >= 15 is 0 Å². The molecule has 4 nitrogen and oxygen atoms in total. The molecule has 0 saturated carbocycles. The van der Waals surface area contributed by atoms with Crippen LogP contribution in [0.5, 0.6) is 0 Å². The van der Waals surface area contributed by atoms with Crippen molar-refractivity contribution in [2.45, 2.75) is 97.1 Å². The maximum Gasteiger partial charge on any atom is 0.127 e. The summed E-state index contributed by atoms with van der Waals surface area (Å²) in [5.74, 6) is 0.649. The van der Waals surface area contributed by atoms with E-state index in [2.05, 4.69) is 39.0 Å². The van der Waals surface area contributed by atoms with E-state index in [4.69, 9.17) is 22.2 Å². The van der Waals surface area contributed by atoms with E-state index in [1.807, 2.05) is 0 Å². The van der Waals surface area contributed by atoms with Crippen LogP contribution in [0.2, 0.25) is 0 Å². The van der Waals surface area contributed by atoms with E-state index in [-0.39, 0.29) is 12.1 Å². The van der Waals surface area contributed by atoms with E-state index in [0.29, 0.717) is 5.82 Å². The molecule has 6 N–H and O–H groups in total. The van der Waals surface area contributed by atoms with Crippen LogP contribution >= 0.6 is 0 Å². The fourth-order valence-electron chi connectivity index (χ4n) is 3.84. The monoisotopic (exact) mass is 384 g/mol. The first-order valence-electron chi connectivity index (χ1n) is 11.3. The lowest BCUT2D eigenvalue weighted by Gasteiger charge is -2.20. The van der Waals surface area contributed by atoms with Gasteiger partial charge in [-0.1, -0.05) is 65.4 Å². The molecular formula is C24H40N4. The molecule has 0 amide bonds. The first-order valence-corrected chi connectivity index (χ1v) is 11.3. The van der Waals surface area contributed by atoms with E-state index in [1.54, 1.807) is 0 Å². The predicted molar refractivity (Wildman–Crippen MR) is 122 cm³/mol. The van der Waals surface area contributed by atoms with E-state index in [1.165, 1.54) is 18.4 Å². The van der Waals surface area contributed by atoms with Crippen LogP contribution in [-0.4, -0.2) is 4.98 Å². The number of hydrogen-bond acceptors (Lipinski definition) is 4. The fourth-order valence-corrected chi connectivity index (χ4v) is 3.84. The zero-order chi connectivity index (χ0) is 20.5. The van der Waals surface area contributed by atoms with Crippen molar-refractivity contribution in [3.8, 4) is 0 Å². The summed E-state index contributed by atoms with van der Waals surface area (Å²) >= 11 is 0. The van der Waals surface area contributed by atoms with Gasteiger partial charge in [0.1, 0.15) is 5.82 Å². The Kier molecular flexibility index (Phi) is 9.20. The molecule has 0 aliphatic rings. The Morgan fingerprint density at radius 1 is 0.821 bits per heavy atom. The standard InChI is InChI=1S/C24H40N4/c1-4-7-10-11-17-14-20-19(22(26)13-9-6-3)15-18(21(25)12-8-5-2)16-23(20)28-24(17)27/h14-16,21-22H,4-13,25-26H2,1-3H3,(H2,27,28). The Morgan fingerprint density at radius 2 is 1.46 bits per heavy atom. The number of hydrogen-bond donors (Lipinski definition) is 3. The zero-order valence-electron chi connectivity index (χ0n) is 18.1. The van der Waals surface area contributed by atoms with Gasteiger partial charge in [0.25, 0.3) is 0 Å². The molecular weight excluding hydrogens is 344 g/mol. The summed E-state index contributed by atoms with van der Waals surface area (Å²) < 4.78 is 0. The average molecular weight is 385 g/mol. The first-order chi connectivity index (χ1) is 13.5. The number of rotatable bonds is 12. The Hall–Kier alpha value is -1.65. The molecule has 156 valence electrons.